The third-order valence-corrected chi connectivity index (χ3v) is 6.93. The molecule has 1 aliphatic heterocycles. The maximum Gasteiger partial charge on any atom is 0.317 e. The van der Waals surface area contributed by atoms with Gasteiger partial charge in [-0.1, -0.05) is 17.7 Å². The molecule has 6 nitrogen and oxygen atoms in total. The van der Waals surface area contributed by atoms with Crippen molar-refractivity contribution >= 4 is 27.7 Å². The molecule has 29 heavy (non-hydrogen) atoms. The topological polar surface area (TPSA) is 69.7 Å². The van der Waals surface area contributed by atoms with E-state index in [-0.39, 0.29) is 31.1 Å². The van der Waals surface area contributed by atoms with Crippen LogP contribution in [0.5, 0.6) is 0 Å². The van der Waals surface area contributed by atoms with Crippen molar-refractivity contribution in [1.82, 2.24) is 14.5 Å². The van der Waals surface area contributed by atoms with E-state index in [1.54, 1.807) is 6.92 Å². The Labute approximate surface area is 173 Å². The van der Waals surface area contributed by atoms with Gasteiger partial charge in [0.05, 0.1) is 10.9 Å². The van der Waals surface area contributed by atoms with Crippen LogP contribution in [0.1, 0.15) is 18.5 Å². The van der Waals surface area contributed by atoms with Gasteiger partial charge in [-0.05, 0) is 48.9 Å². The molecule has 1 N–H and O–H groups in total. The second-order valence-electron chi connectivity index (χ2n) is 6.69. The number of piperazine rings is 1. The Kier molecular flexibility index (Phi) is 6.40. The van der Waals surface area contributed by atoms with Gasteiger partial charge in [0, 0.05) is 31.2 Å². The Morgan fingerprint density at radius 1 is 1.03 bits per heavy atom. The van der Waals surface area contributed by atoms with Gasteiger partial charge in [0.2, 0.25) is 10.0 Å². The number of urea groups is 1. The lowest BCUT2D eigenvalue weighted by atomic mass is 10.1. The second kappa shape index (κ2) is 8.64. The molecule has 0 bridgehead atoms. The van der Waals surface area contributed by atoms with Crippen LogP contribution in [0.2, 0.25) is 5.02 Å². The highest BCUT2D eigenvalue weighted by Gasteiger charge is 2.30. The van der Waals surface area contributed by atoms with Crippen LogP contribution in [0.4, 0.5) is 13.6 Å². The molecule has 1 atom stereocenters. The summed E-state index contributed by atoms with van der Waals surface area (Å²) in [6, 6.07) is 8.43. The number of amides is 2. The van der Waals surface area contributed by atoms with Gasteiger partial charge in [-0.15, -0.1) is 0 Å². The summed E-state index contributed by atoms with van der Waals surface area (Å²) in [4.78, 5) is 14.1. The molecule has 1 fully saturated rings. The molecular formula is C19H20ClF2N3O3S. The van der Waals surface area contributed by atoms with Gasteiger partial charge in [0.25, 0.3) is 0 Å². The zero-order valence-electron chi connectivity index (χ0n) is 15.6. The Morgan fingerprint density at radius 2 is 1.66 bits per heavy atom. The number of nitrogens with one attached hydrogen (secondary N) is 1. The highest BCUT2D eigenvalue weighted by molar-refractivity contribution is 7.89. The molecule has 10 heteroatoms. The number of halogens is 3. The molecule has 0 spiro atoms. The maximum atomic E-state index is 13.4. The van der Waals surface area contributed by atoms with E-state index in [0.717, 1.165) is 12.1 Å². The lowest BCUT2D eigenvalue weighted by molar-refractivity contribution is 0.169. The Balaban J connectivity index is 1.59. The average molecular weight is 444 g/mol. The number of hydrogen-bond donors (Lipinski definition) is 1. The van der Waals surface area contributed by atoms with Gasteiger partial charge in [0.1, 0.15) is 0 Å². The molecule has 0 radical (unpaired) electrons. The van der Waals surface area contributed by atoms with Crippen LogP contribution >= 0.6 is 11.6 Å². The molecular weight excluding hydrogens is 424 g/mol. The highest BCUT2D eigenvalue weighted by atomic mass is 35.5. The third kappa shape index (κ3) is 4.85. The van der Waals surface area contributed by atoms with Gasteiger partial charge >= 0.3 is 6.03 Å². The number of nitrogens with zero attached hydrogens (tertiary/aromatic N) is 2. The largest absolute Gasteiger partial charge is 0.331 e. The average Bonchev–Trinajstić information content (AvgIpc) is 2.70. The van der Waals surface area contributed by atoms with Gasteiger partial charge in [-0.2, -0.15) is 4.31 Å². The van der Waals surface area contributed by atoms with E-state index < -0.39 is 33.7 Å². The van der Waals surface area contributed by atoms with E-state index in [1.165, 1.54) is 39.5 Å². The Bertz CT molecular complexity index is 994. The van der Waals surface area contributed by atoms with Crippen LogP contribution in [-0.4, -0.2) is 49.8 Å². The van der Waals surface area contributed by atoms with E-state index in [4.69, 9.17) is 11.6 Å². The standard InChI is InChI=1S/C19H20ClF2N3O3S/c1-13(14-2-7-17(21)18(22)12-14)23-19(26)24-8-10-25(11-9-24)29(27,28)16-5-3-15(20)4-6-16/h2-7,12-13H,8-11H2,1H3,(H,23,26)/t13-/m1/s1. The summed E-state index contributed by atoms with van der Waals surface area (Å²) in [6.45, 7) is 2.38. The van der Waals surface area contributed by atoms with Crippen molar-refractivity contribution in [3.05, 3.63) is 64.7 Å². The zero-order chi connectivity index (χ0) is 21.2. The minimum absolute atomic E-state index is 0.145. The minimum Gasteiger partial charge on any atom is -0.331 e. The van der Waals surface area contributed by atoms with Gasteiger partial charge < -0.3 is 10.2 Å². The summed E-state index contributed by atoms with van der Waals surface area (Å²) in [5, 5.41) is 3.16. The van der Waals surface area contributed by atoms with Crippen molar-refractivity contribution in [3.63, 3.8) is 0 Å². The monoisotopic (exact) mass is 443 g/mol. The molecule has 1 heterocycles. The summed E-state index contributed by atoms with van der Waals surface area (Å²) >= 11 is 5.80. The highest BCUT2D eigenvalue weighted by Crippen LogP contribution is 2.20. The first kappa shape index (κ1) is 21.5. The van der Waals surface area contributed by atoms with Gasteiger partial charge in [-0.25, -0.2) is 22.0 Å². The van der Waals surface area contributed by atoms with Gasteiger partial charge in [-0.3, -0.25) is 0 Å². The summed E-state index contributed by atoms with van der Waals surface area (Å²) in [5.41, 5.74) is 0.432. The summed E-state index contributed by atoms with van der Waals surface area (Å²) < 4.78 is 53.1. The van der Waals surface area contributed by atoms with Crippen LogP contribution in [0.15, 0.2) is 47.4 Å². The normalized spacial score (nSPS) is 16.5. The number of carbonyl (C=O) groups is 1. The first-order chi connectivity index (χ1) is 13.7. The molecule has 2 aromatic rings. The van der Waals surface area contributed by atoms with Crippen LogP contribution in [0.3, 0.4) is 0 Å². The molecule has 3 rings (SSSR count). The number of rotatable bonds is 4. The second-order valence-corrected chi connectivity index (χ2v) is 9.06. The Morgan fingerprint density at radius 3 is 2.24 bits per heavy atom. The molecule has 0 aromatic heterocycles. The van der Waals surface area contributed by atoms with Crippen molar-refractivity contribution < 1.29 is 22.0 Å². The number of sulfonamides is 1. The predicted molar refractivity (Wildman–Crippen MR) is 105 cm³/mol. The van der Waals surface area contributed by atoms with Crippen molar-refractivity contribution in [2.24, 2.45) is 0 Å². The van der Waals surface area contributed by atoms with Crippen molar-refractivity contribution in [2.75, 3.05) is 26.2 Å². The minimum atomic E-state index is -3.66. The number of carbonyl (C=O) groups excluding carboxylic acids is 1. The van der Waals surface area contributed by atoms with Crippen LogP contribution in [0.25, 0.3) is 0 Å². The van der Waals surface area contributed by atoms with E-state index in [0.29, 0.717) is 10.6 Å². The molecule has 0 aliphatic carbocycles. The third-order valence-electron chi connectivity index (χ3n) is 4.76. The number of benzene rings is 2. The SMILES string of the molecule is C[C@@H](NC(=O)N1CCN(S(=O)(=O)c2ccc(Cl)cc2)CC1)c1ccc(F)c(F)c1. The summed E-state index contributed by atoms with van der Waals surface area (Å²) in [5.74, 6) is -1.94. The van der Waals surface area contributed by atoms with Gasteiger partial charge in [0.15, 0.2) is 11.6 Å². The molecule has 0 unspecified atom stereocenters. The lowest BCUT2D eigenvalue weighted by Gasteiger charge is -2.34. The fourth-order valence-electron chi connectivity index (χ4n) is 3.03. The van der Waals surface area contributed by atoms with Crippen LogP contribution in [-0.2, 0) is 10.0 Å². The fraction of sp³-hybridized carbons (Fsp3) is 0.316. The maximum absolute atomic E-state index is 13.4. The smallest absolute Gasteiger partial charge is 0.317 e. The molecule has 156 valence electrons. The van der Waals surface area contributed by atoms with E-state index in [2.05, 4.69) is 5.32 Å². The molecule has 0 saturated carbocycles. The first-order valence-electron chi connectivity index (χ1n) is 8.94. The van der Waals surface area contributed by atoms with Crippen LogP contribution < -0.4 is 5.32 Å². The molecule has 1 saturated heterocycles. The van der Waals surface area contributed by atoms with E-state index in [1.807, 2.05) is 0 Å². The van der Waals surface area contributed by atoms with E-state index in [9.17, 15) is 22.0 Å². The number of hydrogen-bond acceptors (Lipinski definition) is 3. The van der Waals surface area contributed by atoms with Crippen molar-refractivity contribution in [3.8, 4) is 0 Å². The Hall–Kier alpha value is -2.23. The first-order valence-corrected chi connectivity index (χ1v) is 10.8. The zero-order valence-corrected chi connectivity index (χ0v) is 17.2. The molecule has 2 amide bonds. The summed E-state index contributed by atoms with van der Waals surface area (Å²) in [7, 11) is -3.66. The van der Waals surface area contributed by atoms with Crippen molar-refractivity contribution in [1.29, 1.82) is 0 Å². The summed E-state index contributed by atoms with van der Waals surface area (Å²) in [6.07, 6.45) is 0. The molecule has 1 aliphatic rings. The lowest BCUT2D eigenvalue weighted by Crippen LogP contribution is -2.53. The van der Waals surface area contributed by atoms with Crippen molar-refractivity contribution in [2.45, 2.75) is 17.9 Å². The fourth-order valence-corrected chi connectivity index (χ4v) is 4.58. The molecule has 2 aromatic carbocycles. The van der Waals surface area contributed by atoms with E-state index >= 15 is 0 Å². The predicted octanol–water partition coefficient (Wildman–Crippen LogP) is 3.40. The quantitative estimate of drug-likeness (QED) is 0.787. The van der Waals surface area contributed by atoms with Crippen LogP contribution in [0, 0.1) is 11.6 Å².